The molecule has 106 valence electrons. The minimum Gasteiger partial charge on any atom is -0.437 e. The van der Waals surface area contributed by atoms with Crippen molar-refractivity contribution < 1.29 is 4.74 Å². The highest BCUT2D eigenvalue weighted by molar-refractivity contribution is 5.34. The molecule has 1 N–H and O–H groups in total. The van der Waals surface area contributed by atoms with Gasteiger partial charge in [0.25, 0.3) is 0 Å². The first-order valence-corrected chi connectivity index (χ1v) is 6.74. The van der Waals surface area contributed by atoms with Gasteiger partial charge in [-0.05, 0) is 45.9 Å². The summed E-state index contributed by atoms with van der Waals surface area (Å²) in [6.07, 6.45) is 3.49. The molecule has 0 saturated heterocycles. The Bertz CT molecular complexity index is 576. The smallest absolute Gasteiger partial charge is 0.223 e. The summed E-state index contributed by atoms with van der Waals surface area (Å²) < 4.78 is 5.89. The average molecular weight is 271 g/mol. The molecule has 0 bridgehead atoms. The molecule has 0 fully saturated rings. The molecular weight excluding hydrogens is 250 g/mol. The number of aromatic nitrogens is 2. The predicted octanol–water partition coefficient (Wildman–Crippen LogP) is 3.47. The Kier molecular flexibility index (Phi) is 4.35. The van der Waals surface area contributed by atoms with E-state index in [1.165, 1.54) is 0 Å². The summed E-state index contributed by atoms with van der Waals surface area (Å²) >= 11 is 0. The van der Waals surface area contributed by atoms with E-state index in [0.29, 0.717) is 12.4 Å². The van der Waals surface area contributed by atoms with Crippen LogP contribution in [0.2, 0.25) is 0 Å². The molecular formula is C16H21N3O. The van der Waals surface area contributed by atoms with E-state index in [4.69, 9.17) is 4.74 Å². The zero-order valence-electron chi connectivity index (χ0n) is 12.5. The Morgan fingerprint density at radius 3 is 2.50 bits per heavy atom. The van der Waals surface area contributed by atoms with Gasteiger partial charge in [-0.15, -0.1) is 0 Å². The van der Waals surface area contributed by atoms with Gasteiger partial charge in [0.2, 0.25) is 5.88 Å². The zero-order valence-corrected chi connectivity index (χ0v) is 12.5. The third-order valence-corrected chi connectivity index (χ3v) is 2.82. The number of pyridine rings is 2. The minimum absolute atomic E-state index is 0.0529. The molecule has 0 unspecified atom stereocenters. The maximum atomic E-state index is 5.89. The molecule has 0 aliphatic heterocycles. The summed E-state index contributed by atoms with van der Waals surface area (Å²) in [4.78, 5) is 8.55. The lowest BCUT2D eigenvalue weighted by molar-refractivity contribution is 0.408. The molecule has 0 radical (unpaired) electrons. The standard InChI is InChI=1S/C16H21N3O/c1-12-14(8-6-9-17-12)20-15-13(7-5-10-18-15)11-19-16(2,3)4/h5-10,19H,11H2,1-4H3. The molecule has 0 spiro atoms. The van der Waals surface area contributed by atoms with E-state index in [2.05, 4.69) is 36.1 Å². The largest absolute Gasteiger partial charge is 0.437 e. The summed E-state index contributed by atoms with van der Waals surface area (Å²) in [6, 6.07) is 7.70. The second-order valence-electron chi connectivity index (χ2n) is 5.76. The lowest BCUT2D eigenvalue weighted by atomic mass is 10.1. The molecule has 0 aromatic carbocycles. The van der Waals surface area contributed by atoms with E-state index < -0.39 is 0 Å². The minimum atomic E-state index is 0.0529. The molecule has 2 aromatic heterocycles. The maximum absolute atomic E-state index is 5.89. The molecule has 0 amide bonds. The molecule has 20 heavy (non-hydrogen) atoms. The van der Waals surface area contributed by atoms with Gasteiger partial charge in [0, 0.05) is 30.0 Å². The van der Waals surface area contributed by atoms with Crippen LogP contribution in [0.15, 0.2) is 36.7 Å². The Morgan fingerprint density at radius 2 is 1.80 bits per heavy atom. The number of ether oxygens (including phenoxy) is 1. The van der Waals surface area contributed by atoms with Gasteiger partial charge < -0.3 is 10.1 Å². The van der Waals surface area contributed by atoms with E-state index in [1.807, 2.05) is 31.2 Å². The third kappa shape index (κ3) is 4.03. The fourth-order valence-electron chi connectivity index (χ4n) is 1.69. The second-order valence-corrected chi connectivity index (χ2v) is 5.76. The number of nitrogens with one attached hydrogen (secondary N) is 1. The van der Waals surface area contributed by atoms with Crippen LogP contribution >= 0.6 is 0 Å². The van der Waals surface area contributed by atoms with Crippen molar-refractivity contribution in [2.45, 2.75) is 39.8 Å². The van der Waals surface area contributed by atoms with Crippen molar-refractivity contribution in [3.8, 4) is 11.6 Å². The van der Waals surface area contributed by atoms with Crippen LogP contribution in [0.5, 0.6) is 11.6 Å². The fourth-order valence-corrected chi connectivity index (χ4v) is 1.69. The Balaban J connectivity index is 2.18. The van der Waals surface area contributed by atoms with Crippen molar-refractivity contribution in [1.82, 2.24) is 15.3 Å². The Morgan fingerprint density at radius 1 is 1.10 bits per heavy atom. The first kappa shape index (κ1) is 14.5. The van der Waals surface area contributed by atoms with Gasteiger partial charge in [0.1, 0.15) is 0 Å². The zero-order chi connectivity index (χ0) is 14.6. The monoisotopic (exact) mass is 271 g/mol. The van der Waals surface area contributed by atoms with Crippen LogP contribution in [0, 0.1) is 6.92 Å². The van der Waals surface area contributed by atoms with Gasteiger partial charge >= 0.3 is 0 Å². The molecule has 4 nitrogen and oxygen atoms in total. The van der Waals surface area contributed by atoms with Crippen molar-refractivity contribution in [3.63, 3.8) is 0 Å². The van der Waals surface area contributed by atoms with E-state index in [1.54, 1.807) is 12.4 Å². The van der Waals surface area contributed by atoms with Crippen LogP contribution in [0.25, 0.3) is 0 Å². The normalized spacial score (nSPS) is 11.4. The second kappa shape index (κ2) is 6.01. The maximum Gasteiger partial charge on any atom is 0.223 e. The van der Waals surface area contributed by atoms with E-state index in [0.717, 1.165) is 17.0 Å². The molecule has 4 heteroatoms. The summed E-state index contributed by atoms with van der Waals surface area (Å²) in [5.74, 6) is 1.36. The molecule has 0 aliphatic rings. The lowest BCUT2D eigenvalue weighted by Gasteiger charge is -2.21. The quantitative estimate of drug-likeness (QED) is 0.925. The number of hydrogen-bond donors (Lipinski definition) is 1. The van der Waals surface area contributed by atoms with Crippen LogP contribution in [-0.2, 0) is 6.54 Å². The van der Waals surface area contributed by atoms with Crippen molar-refractivity contribution in [1.29, 1.82) is 0 Å². The Hall–Kier alpha value is -1.94. The van der Waals surface area contributed by atoms with Gasteiger partial charge in [0.05, 0.1) is 5.69 Å². The van der Waals surface area contributed by atoms with Crippen LogP contribution in [0.4, 0.5) is 0 Å². The summed E-state index contributed by atoms with van der Waals surface area (Å²) in [5.41, 5.74) is 1.94. The van der Waals surface area contributed by atoms with Crippen LogP contribution in [-0.4, -0.2) is 15.5 Å². The van der Waals surface area contributed by atoms with Gasteiger partial charge in [0.15, 0.2) is 5.75 Å². The molecule has 0 aliphatic carbocycles. The average Bonchev–Trinajstić information content (AvgIpc) is 2.39. The first-order valence-electron chi connectivity index (χ1n) is 6.74. The molecule has 2 heterocycles. The number of hydrogen-bond acceptors (Lipinski definition) is 4. The van der Waals surface area contributed by atoms with Crippen molar-refractivity contribution in [2.75, 3.05) is 0 Å². The highest BCUT2D eigenvalue weighted by atomic mass is 16.5. The third-order valence-electron chi connectivity index (χ3n) is 2.82. The topological polar surface area (TPSA) is 47.0 Å². The first-order chi connectivity index (χ1) is 9.46. The van der Waals surface area contributed by atoms with E-state index in [9.17, 15) is 0 Å². The lowest BCUT2D eigenvalue weighted by Crippen LogP contribution is -2.35. The van der Waals surface area contributed by atoms with Gasteiger partial charge in [-0.25, -0.2) is 4.98 Å². The van der Waals surface area contributed by atoms with Crippen LogP contribution in [0.1, 0.15) is 32.0 Å². The SMILES string of the molecule is Cc1ncccc1Oc1ncccc1CNC(C)(C)C. The Labute approximate surface area is 120 Å². The molecule has 0 saturated carbocycles. The van der Waals surface area contributed by atoms with Crippen LogP contribution in [0.3, 0.4) is 0 Å². The summed E-state index contributed by atoms with van der Waals surface area (Å²) in [7, 11) is 0. The molecule has 0 atom stereocenters. The van der Waals surface area contributed by atoms with Gasteiger partial charge in [-0.2, -0.15) is 0 Å². The van der Waals surface area contributed by atoms with Gasteiger partial charge in [-0.3, -0.25) is 4.98 Å². The number of rotatable bonds is 4. The highest BCUT2D eigenvalue weighted by Crippen LogP contribution is 2.24. The van der Waals surface area contributed by atoms with Gasteiger partial charge in [-0.1, -0.05) is 6.07 Å². The number of nitrogens with zero attached hydrogens (tertiary/aromatic N) is 2. The van der Waals surface area contributed by atoms with Crippen molar-refractivity contribution in [2.24, 2.45) is 0 Å². The number of aryl methyl sites for hydroxylation is 1. The molecule has 2 rings (SSSR count). The highest BCUT2D eigenvalue weighted by Gasteiger charge is 2.12. The summed E-state index contributed by atoms with van der Waals surface area (Å²) in [5, 5.41) is 3.44. The van der Waals surface area contributed by atoms with E-state index >= 15 is 0 Å². The predicted molar refractivity (Wildman–Crippen MR) is 79.9 cm³/mol. The van der Waals surface area contributed by atoms with Crippen molar-refractivity contribution in [3.05, 3.63) is 47.9 Å². The molecule has 2 aromatic rings. The van der Waals surface area contributed by atoms with E-state index in [-0.39, 0.29) is 5.54 Å². The van der Waals surface area contributed by atoms with Crippen molar-refractivity contribution >= 4 is 0 Å². The fraction of sp³-hybridized carbons (Fsp3) is 0.375. The van der Waals surface area contributed by atoms with Crippen LogP contribution < -0.4 is 10.1 Å². The summed E-state index contributed by atoms with van der Waals surface area (Å²) in [6.45, 7) is 9.04.